The van der Waals surface area contributed by atoms with Gasteiger partial charge in [0.15, 0.2) is 0 Å². The molecule has 5 heteroatoms. The second-order valence-electron chi connectivity index (χ2n) is 7.15. The van der Waals surface area contributed by atoms with Crippen LogP contribution in [0.2, 0.25) is 5.02 Å². The van der Waals surface area contributed by atoms with Crippen LogP contribution in [0.4, 0.5) is 5.69 Å². The van der Waals surface area contributed by atoms with Crippen LogP contribution in [0.3, 0.4) is 0 Å². The van der Waals surface area contributed by atoms with E-state index in [-0.39, 0.29) is 0 Å². The van der Waals surface area contributed by atoms with Gasteiger partial charge in [0.25, 0.3) is 0 Å². The van der Waals surface area contributed by atoms with Crippen molar-refractivity contribution in [2.24, 2.45) is 0 Å². The molecular formula is C25H24ClN3O. The first-order valence-corrected chi connectivity index (χ1v) is 10.3. The van der Waals surface area contributed by atoms with Crippen molar-refractivity contribution in [3.63, 3.8) is 0 Å². The number of anilines is 1. The predicted molar refractivity (Wildman–Crippen MR) is 124 cm³/mol. The molecule has 1 aromatic heterocycles. The van der Waals surface area contributed by atoms with Gasteiger partial charge in [-0.25, -0.2) is 0 Å². The first kappa shape index (κ1) is 20.2. The van der Waals surface area contributed by atoms with E-state index >= 15 is 0 Å². The fourth-order valence-corrected chi connectivity index (χ4v) is 3.58. The second kappa shape index (κ2) is 9.61. The molecule has 0 aliphatic carbocycles. The summed E-state index contributed by atoms with van der Waals surface area (Å²) in [5.74, 6) is 0.879. The second-order valence-corrected chi connectivity index (χ2v) is 7.58. The monoisotopic (exact) mass is 417 g/mol. The predicted octanol–water partition coefficient (Wildman–Crippen LogP) is 5.80. The molecular weight excluding hydrogens is 394 g/mol. The molecule has 30 heavy (non-hydrogen) atoms. The minimum atomic E-state index is 0.696. The van der Waals surface area contributed by atoms with E-state index in [9.17, 15) is 0 Å². The topological polar surface area (TPSA) is 46.2 Å². The molecule has 152 valence electrons. The molecule has 0 spiro atoms. The highest BCUT2D eigenvalue weighted by molar-refractivity contribution is 6.31. The van der Waals surface area contributed by atoms with Gasteiger partial charge in [0, 0.05) is 41.9 Å². The van der Waals surface area contributed by atoms with E-state index < -0.39 is 0 Å². The van der Waals surface area contributed by atoms with E-state index in [1.165, 1.54) is 16.7 Å². The molecule has 0 aliphatic heterocycles. The molecule has 0 saturated carbocycles. The standard InChI is InChI=1S/C25H24ClN3O/c1-30-22-8-5-18(6-9-22)15-27-16-19-3-2-4-20(13-19)17-29-24-11-12-28-25-14-21(26)7-10-23(24)25/h2-14,27H,15-17H2,1H3,(H,28,29). The molecule has 0 unspecified atom stereocenters. The van der Waals surface area contributed by atoms with Crippen LogP contribution in [0.15, 0.2) is 79.0 Å². The summed E-state index contributed by atoms with van der Waals surface area (Å²) >= 11 is 6.08. The SMILES string of the molecule is COc1ccc(CNCc2cccc(CNc3ccnc4cc(Cl)ccc34)c2)cc1. The van der Waals surface area contributed by atoms with Crippen molar-refractivity contribution < 1.29 is 4.74 Å². The molecule has 0 saturated heterocycles. The van der Waals surface area contributed by atoms with Crippen LogP contribution in [0.5, 0.6) is 5.75 Å². The summed E-state index contributed by atoms with van der Waals surface area (Å²) in [6.45, 7) is 2.38. The zero-order valence-corrected chi connectivity index (χ0v) is 17.6. The van der Waals surface area contributed by atoms with E-state index in [4.69, 9.17) is 16.3 Å². The van der Waals surface area contributed by atoms with Gasteiger partial charge in [0.1, 0.15) is 5.75 Å². The molecule has 4 aromatic rings. The van der Waals surface area contributed by atoms with Crippen molar-refractivity contribution in [2.75, 3.05) is 12.4 Å². The van der Waals surface area contributed by atoms with Gasteiger partial charge >= 0.3 is 0 Å². The summed E-state index contributed by atoms with van der Waals surface area (Å²) in [5.41, 5.74) is 5.67. The van der Waals surface area contributed by atoms with Gasteiger partial charge in [0.05, 0.1) is 12.6 Å². The summed E-state index contributed by atoms with van der Waals surface area (Å²) in [4.78, 5) is 4.40. The van der Waals surface area contributed by atoms with E-state index in [0.29, 0.717) is 5.02 Å². The lowest BCUT2D eigenvalue weighted by Gasteiger charge is -2.11. The Labute approximate surface area is 181 Å². The highest BCUT2D eigenvalue weighted by Crippen LogP contribution is 2.25. The molecule has 3 aromatic carbocycles. The molecule has 0 fully saturated rings. The van der Waals surface area contributed by atoms with E-state index in [2.05, 4.69) is 52.0 Å². The van der Waals surface area contributed by atoms with Gasteiger partial charge in [0.2, 0.25) is 0 Å². The third-order valence-corrected chi connectivity index (χ3v) is 5.23. The largest absolute Gasteiger partial charge is 0.497 e. The normalized spacial score (nSPS) is 10.9. The average Bonchev–Trinajstić information content (AvgIpc) is 2.78. The Balaban J connectivity index is 1.35. The number of fused-ring (bicyclic) bond motifs is 1. The van der Waals surface area contributed by atoms with Crippen molar-refractivity contribution in [2.45, 2.75) is 19.6 Å². The van der Waals surface area contributed by atoms with Crippen LogP contribution in [0, 0.1) is 0 Å². The van der Waals surface area contributed by atoms with Crippen LogP contribution in [-0.2, 0) is 19.6 Å². The van der Waals surface area contributed by atoms with Gasteiger partial charge in [-0.15, -0.1) is 0 Å². The Hall–Kier alpha value is -3.08. The Morgan fingerprint density at radius 1 is 0.833 bits per heavy atom. The molecule has 0 atom stereocenters. The minimum absolute atomic E-state index is 0.696. The van der Waals surface area contributed by atoms with Crippen LogP contribution in [-0.4, -0.2) is 12.1 Å². The molecule has 0 bridgehead atoms. The van der Waals surface area contributed by atoms with E-state index in [1.54, 1.807) is 13.3 Å². The Morgan fingerprint density at radius 3 is 2.40 bits per heavy atom. The quantitative estimate of drug-likeness (QED) is 0.380. The average molecular weight is 418 g/mol. The zero-order valence-electron chi connectivity index (χ0n) is 16.9. The van der Waals surface area contributed by atoms with E-state index in [0.717, 1.165) is 42.0 Å². The number of rotatable bonds is 8. The number of nitrogens with one attached hydrogen (secondary N) is 2. The molecule has 2 N–H and O–H groups in total. The number of halogens is 1. The summed E-state index contributed by atoms with van der Waals surface area (Å²) in [5, 5.41) is 8.80. The molecule has 1 heterocycles. The molecule has 0 aliphatic rings. The number of aromatic nitrogens is 1. The lowest BCUT2D eigenvalue weighted by atomic mass is 10.1. The number of benzene rings is 3. The molecule has 4 nitrogen and oxygen atoms in total. The Bertz CT molecular complexity index is 1130. The van der Waals surface area contributed by atoms with Crippen molar-refractivity contribution in [1.29, 1.82) is 0 Å². The van der Waals surface area contributed by atoms with Gasteiger partial charge < -0.3 is 15.4 Å². The van der Waals surface area contributed by atoms with Gasteiger partial charge in [-0.3, -0.25) is 4.98 Å². The third-order valence-electron chi connectivity index (χ3n) is 5.00. The van der Waals surface area contributed by atoms with Crippen molar-refractivity contribution in [1.82, 2.24) is 10.3 Å². The van der Waals surface area contributed by atoms with Crippen LogP contribution in [0.25, 0.3) is 10.9 Å². The summed E-state index contributed by atoms with van der Waals surface area (Å²) < 4.78 is 5.20. The summed E-state index contributed by atoms with van der Waals surface area (Å²) in [6, 6.07) is 24.5. The fraction of sp³-hybridized carbons (Fsp3) is 0.160. The number of ether oxygens (including phenoxy) is 1. The minimum Gasteiger partial charge on any atom is -0.497 e. The Morgan fingerprint density at radius 2 is 1.60 bits per heavy atom. The Kier molecular flexibility index (Phi) is 6.47. The zero-order chi connectivity index (χ0) is 20.8. The lowest BCUT2D eigenvalue weighted by molar-refractivity contribution is 0.414. The number of hydrogen-bond acceptors (Lipinski definition) is 4. The van der Waals surface area contributed by atoms with Crippen molar-refractivity contribution >= 4 is 28.2 Å². The van der Waals surface area contributed by atoms with Crippen LogP contribution >= 0.6 is 11.6 Å². The van der Waals surface area contributed by atoms with Crippen LogP contribution in [0.1, 0.15) is 16.7 Å². The smallest absolute Gasteiger partial charge is 0.118 e. The van der Waals surface area contributed by atoms with Gasteiger partial charge in [-0.05, 0) is 53.1 Å². The fourth-order valence-electron chi connectivity index (χ4n) is 3.42. The number of nitrogens with zero attached hydrogens (tertiary/aromatic N) is 1. The highest BCUT2D eigenvalue weighted by Gasteiger charge is 2.03. The summed E-state index contributed by atoms with van der Waals surface area (Å²) in [6.07, 6.45) is 1.81. The maximum Gasteiger partial charge on any atom is 0.118 e. The molecule has 0 radical (unpaired) electrons. The number of pyridine rings is 1. The van der Waals surface area contributed by atoms with E-state index in [1.807, 2.05) is 36.4 Å². The third kappa shape index (κ3) is 5.09. The highest BCUT2D eigenvalue weighted by atomic mass is 35.5. The first-order valence-electron chi connectivity index (χ1n) is 9.91. The van der Waals surface area contributed by atoms with Gasteiger partial charge in [-0.1, -0.05) is 48.0 Å². The summed E-state index contributed by atoms with van der Waals surface area (Å²) in [7, 11) is 1.68. The van der Waals surface area contributed by atoms with Crippen molar-refractivity contribution in [3.05, 3.63) is 101 Å². The van der Waals surface area contributed by atoms with Crippen LogP contribution < -0.4 is 15.4 Å². The number of methoxy groups -OCH3 is 1. The lowest BCUT2D eigenvalue weighted by Crippen LogP contribution is -2.13. The molecule has 0 amide bonds. The van der Waals surface area contributed by atoms with Gasteiger partial charge in [-0.2, -0.15) is 0 Å². The van der Waals surface area contributed by atoms with Crippen molar-refractivity contribution in [3.8, 4) is 5.75 Å². The number of hydrogen-bond donors (Lipinski definition) is 2. The maximum atomic E-state index is 6.08. The maximum absolute atomic E-state index is 6.08. The molecule has 4 rings (SSSR count). The first-order chi connectivity index (χ1) is 14.7.